The molecule has 1 heterocycles. The summed E-state index contributed by atoms with van der Waals surface area (Å²) < 4.78 is 5.82. The van der Waals surface area contributed by atoms with E-state index in [0.29, 0.717) is 19.7 Å². The highest BCUT2D eigenvalue weighted by atomic mass is 16.5. The Bertz CT molecular complexity index is 583. The molecule has 6 nitrogen and oxygen atoms in total. The second kappa shape index (κ2) is 8.34. The van der Waals surface area contributed by atoms with Crippen LogP contribution in [0.5, 0.6) is 0 Å². The quantitative estimate of drug-likeness (QED) is 0.853. The number of morpholine rings is 1. The molecule has 1 saturated heterocycles. The first-order valence-corrected chi connectivity index (χ1v) is 8.77. The molecule has 0 aliphatic carbocycles. The van der Waals surface area contributed by atoms with Crippen molar-refractivity contribution < 1.29 is 14.3 Å². The standard InChI is InChI=1S/C19H29N3O3/c1-19(2,3)16(21-18(20)24)17(23)22-11-12-25-15(13-22)10-9-14-7-5-4-6-8-14/h4-8,15-16H,9-13H2,1-3H3,(H3,20,21,24)/t15-,16+/m1/s1. The number of carbonyl (C=O) groups is 2. The van der Waals surface area contributed by atoms with Crippen molar-refractivity contribution in [2.45, 2.75) is 45.8 Å². The smallest absolute Gasteiger partial charge is 0.312 e. The molecule has 0 saturated carbocycles. The molecular formula is C19H29N3O3. The first kappa shape index (κ1) is 19.2. The third kappa shape index (κ3) is 5.74. The first-order chi connectivity index (χ1) is 11.8. The van der Waals surface area contributed by atoms with Crippen LogP contribution in [0, 0.1) is 5.41 Å². The van der Waals surface area contributed by atoms with Gasteiger partial charge in [-0.25, -0.2) is 4.79 Å². The van der Waals surface area contributed by atoms with E-state index in [-0.39, 0.29) is 12.0 Å². The van der Waals surface area contributed by atoms with E-state index in [1.807, 2.05) is 39.0 Å². The average Bonchev–Trinajstić information content (AvgIpc) is 2.57. The lowest BCUT2D eigenvalue weighted by molar-refractivity contribution is -0.143. The van der Waals surface area contributed by atoms with E-state index in [9.17, 15) is 9.59 Å². The van der Waals surface area contributed by atoms with Crippen molar-refractivity contribution in [3.05, 3.63) is 35.9 Å². The lowest BCUT2D eigenvalue weighted by Crippen LogP contribution is -2.58. The van der Waals surface area contributed by atoms with Crippen molar-refractivity contribution in [2.75, 3.05) is 19.7 Å². The van der Waals surface area contributed by atoms with Crippen molar-refractivity contribution in [2.24, 2.45) is 11.1 Å². The summed E-state index contributed by atoms with van der Waals surface area (Å²) in [6.45, 7) is 7.33. The maximum absolute atomic E-state index is 12.9. The van der Waals surface area contributed by atoms with Crippen molar-refractivity contribution >= 4 is 11.9 Å². The SMILES string of the molecule is CC(C)(C)[C@@H](NC(N)=O)C(=O)N1CCO[C@H](CCc2ccccc2)C1. The second-order valence-corrected chi connectivity index (χ2v) is 7.61. The average molecular weight is 347 g/mol. The molecule has 2 rings (SSSR count). The Balaban J connectivity index is 1.96. The number of aryl methyl sites for hydroxylation is 1. The lowest BCUT2D eigenvalue weighted by atomic mass is 9.85. The summed E-state index contributed by atoms with van der Waals surface area (Å²) in [5.41, 5.74) is 6.10. The molecule has 0 radical (unpaired) electrons. The Hall–Kier alpha value is -2.08. The van der Waals surface area contributed by atoms with Gasteiger partial charge in [0.2, 0.25) is 5.91 Å². The number of nitrogens with zero attached hydrogens (tertiary/aromatic N) is 1. The molecule has 0 spiro atoms. The number of benzene rings is 1. The van der Waals surface area contributed by atoms with Gasteiger partial charge >= 0.3 is 6.03 Å². The third-order valence-electron chi connectivity index (χ3n) is 4.45. The zero-order valence-corrected chi connectivity index (χ0v) is 15.3. The summed E-state index contributed by atoms with van der Waals surface area (Å²) in [6, 6.07) is 8.92. The van der Waals surface area contributed by atoms with Gasteiger partial charge in [0, 0.05) is 13.1 Å². The fourth-order valence-electron chi connectivity index (χ4n) is 3.04. The number of ether oxygens (including phenoxy) is 1. The Morgan fingerprint density at radius 2 is 2.00 bits per heavy atom. The molecule has 2 atom stereocenters. The van der Waals surface area contributed by atoms with Crippen LogP contribution in [0.2, 0.25) is 0 Å². The predicted molar refractivity (Wildman–Crippen MR) is 97.0 cm³/mol. The minimum atomic E-state index is -0.679. The van der Waals surface area contributed by atoms with Gasteiger partial charge < -0.3 is 20.7 Å². The zero-order valence-electron chi connectivity index (χ0n) is 15.3. The van der Waals surface area contributed by atoms with E-state index in [1.54, 1.807) is 4.90 Å². The largest absolute Gasteiger partial charge is 0.375 e. The fourth-order valence-corrected chi connectivity index (χ4v) is 3.04. The summed E-state index contributed by atoms with van der Waals surface area (Å²) >= 11 is 0. The van der Waals surface area contributed by atoms with Crippen molar-refractivity contribution in [1.29, 1.82) is 0 Å². The second-order valence-electron chi connectivity index (χ2n) is 7.61. The minimum absolute atomic E-state index is 0.00658. The molecule has 0 bridgehead atoms. The number of urea groups is 1. The summed E-state index contributed by atoms with van der Waals surface area (Å²) in [7, 11) is 0. The van der Waals surface area contributed by atoms with Crippen LogP contribution in [-0.4, -0.2) is 48.7 Å². The van der Waals surface area contributed by atoms with E-state index < -0.39 is 17.5 Å². The molecule has 1 aliphatic heterocycles. The highest BCUT2D eigenvalue weighted by molar-refractivity contribution is 5.87. The summed E-state index contributed by atoms with van der Waals surface area (Å²) in [4.78, 5) is 26.0. The van der Waals surface area contributed by atoms with Gasteiger partial charge in [-0.05, 0) is 23.8 Å². The summed E-state index contributed by atoms with van der Waals surface area (Å²) in [6.07, 6.45) is 1.78. The Kier molecular flexibility index (Phi) is 6.42. The van der Waals surface area contributed by atoms with E-state index in [0.717, 1.165) is 12.8 Å². The van der Waals surface area contributed by atoms with Crippen molar-refractivity contribution in [3.8, 4) is 0 Å². The summed E-state index contributed by atoms with van der Waals surface area (Å²) in [5, 5.41) is 2.60. The Labute approximate surface area is 149 Å². The molecular weight excluding hydrogens is 318 g/mol. The van der Waals surface area contributed by atoms with Crippen LogP contribution in [0.1, 0.15) is 32.8 Å². The Morgan fingerprint density at radius 1 is 1.32 bits per heavy atom. The van der Waals surface area contributed by atoms with Crippen molar-refractivity contribution in [3.63, 3.8) is 0 Å². The molecule has 1 aromatic carbocycles. The van der Waals surface area contributed by atoms with Crippen LogP contribution in [0.25, 0.3) is 0 Å². The van der Waals surface area contributed by atoms with Gasteiger partial charge in [-0.2, -0.15) is 0 Å². The predicted octanol–water partition coefficient (Wildman–Crippen LogP) is 1.93. The molecule has 1 fully saturated rings. The van der Waals surface area contributed by atoms with Gasteiger partial charge in [-0.1, -0.05) is 51.1 Å². The molecule has 0 unspecified atom stereocenters. The highest BCUT2D eigenvalue weighted by Crippen LogP contribution is 2.22. The minimum Gasteiger partial charge on any atom is -0.375 e. The number of nitrogens with one attached hydrogen (secondary N) is 1. The van der Waals surface area contributed by atoms with Crippen LogP contribution in [-0.2, 0) is 16.0 Å². The van der Waals surface area contributed by atoms with Crippen LogP contribution in [0.4, 0.5) is 4.79 Å². The molecule has 138 valence electrons. The molecule has 0 aromatic heterocycles. The number of hydrogen-bond donors (Lipinski definition) is 2. The molecule has 25 heavy (non-hydrogen) atoms. The molecule has 3 N–H and O–H groups in total. The van der Waals surface area contributed by atoms with E-state index in [4.69, 9.17) is 10.5 Å². The number of primary amides is 1. The van der Waals surface area contributed by atoms with Gasteiger partial charge in [0.1, 0.15) is 6.04 Å². The highest BCUT2D eigenvalue weighted by Gasteiger charge is 2.37. The van der Waals surface area contributed by atoms with E-state index >= 15 is 0 Å². The number of amides is 3. The molecule has 1 aliphatic rings. The monoisotopic (exact) mass is 347 g/mol. The number of rotatable bonds is 5. The van der Waals surface area contributed by atoms with Crippen LogP contribution in [0.3, 0.4) is 0 Å². The van der Waals surface area contributed by atoms with Crippen LogP contribution >= 0.6 is 0 Å². The zero-order chi connectivity index (χ0) is 18.4. The van der Waals surface area contributed by atoms with Gasteiger partial charge in [-0.3, -0.25) is 4.79 Å². The molecule has 1 aromatic rings. The number of nitrogens with two attached hydrogens (primary N) is 1. The lowest BCUT2D eigenvalue weighted by Gasteiger charge is -2.38. The van der Waals surface area contributed by atoms with Crippen LogP contribution < -0.4 is 11.1 Å². The van der Waals surface area contributed by atoms with Crippen molar-refractivity contribution in [1.82, 2.24) is 10.2 Å². The summed E-state index contributed by atoms with van der Waals surface area (Å²) in [5.74, 6) is -0.0979. The van der Waals surface area contributed by atoms with Gasteiger partial charge in [0.25, 0.3) is 0 Å². The van der Waals surface area contributed by atoms with Gasteiger partial charge in [-0.15, -0.1) is 0 Å². The number of hydrogen-bond acceptors (Lipinski definition) is 3. The first-order valence-electron chi connectivity index (χ1n) is 8.77. The topological polar surface area (TPSA) is 84.7 Å². The third-order valence-corrected chi connectivity index (χ3v) is 4.45. The molecule has 6 heteroatoms. The maximum Gasteiger partial charge on any atom is 0.312 e. The van der Waals surface area contributed by atoms with Crippen LogP contribution in [0.15, 0.2) is 30.3 Å². The Morgan fingerprint density at radius 3 is 2.60 bits per heavy atom. The van der Waals surface area contributed by atoms with Gasteiger partial charge in [0.05, 0.1) is 12.7 Å². The van der Waals surface area contributed by atoms with Gasteiger partial charge in [0.15, 0.2) is 0 Å². The van der Waals surface area contributed by atoms with E-state index in [2.05, 4.69) is 17.4 Å². The van der Waals surface area contributed by atoms with E-state index in [1.165, 1.54) is 5.56 Å². The normalized spacial score (nSPS) is 19.3. The molecule has 3 amide bonds. The fraction of sp³-hybridized carbons (Fsp3) is 0.579. The number of carbonyl (C=O) groups excluding carboxylic acids is 2. The maximum atomic E-state index is 12.9.